The van der Waals surface area contributed by atoms with Crippen LogP contribution in [-0.2, 0) is 4.74 Å². The van der Waals surface area contributed by atoms with Crippen molar-refractivity contribution >= 4 is 6.03 Å². The quantitative estimate of drug-likeness (QED) is 0.688. The second-order valence-corrected chi connectivity index (χ2v) is 5.91. The maximum atomic E-state index is 11.8. The van der Waals surface area contributed by atoms with Crippen molar-refractivity contribution in [2.75, 3.05) is 13.2 Å². The van der Waals surface area contributed by atoms with Gasteiger partial charge in [-0.15, -0.1) is 0 Å². The van der Waals surface area contributed by atoms with Gasteiger partial charge in [-0.05, 0) is 25.7 Å². The zero-order valence-corrected chi connectivity index (χ0v) is 12.3. The summed E-state index contributed by atoms with van der Waals surface area (Å²) in [6, 6.07) is -0.358. The van der Waals surface area contributed by atoms with Gasteiger partial charge >= 0.3 is 6.03 Å². The highest BCUT2D eigenvalue weighted by Crippen LogP contribution is 2.18. The Morgan fingerprint density at radius 2 is 1.95 bits per heavy atom. The number of aliphatic hydroxyl groups is 1. The molecule has 1 aliphatic carbocycles. The van der Waals surface area contributed by atoms with Crippen molar-refractivity contribution in [3.05, 3.63) is 0 Å². The molecule has 1 rings (SSSR count). The third-order valence-corrected chi connectivity index (χ3v) is 3.24. The number of hydrogen-bond donors (Lipinski definition) is 3. The van der Waals surface area contributed by atoms with Gasteiger partial charge in [0.1, 0.15) is 0 Å². The van der Waals surface area contributed by atoms with Crippen molar-refractivity contribution in [2.45, 2.75) is 64.6 Å². The molecule has 3 unspecified atom stereocenters. The smallest absolute Gasteiger partial charge is 0.315 e. The van der Waals surface area contributed by atoms with E-state index in [1.165, 1.54) is 0 Å². The molecule has 0 spiro atoms. The summed E-state index contributed by atoms with van der Waals surface area (Å²) >= 11 is 0. The number of carbonyl (C=O) groups is 1. The van der Waals surface area contributed by atoms with Crippen molar-refractivity contribution in [1.82, 2.24) is 10.6 Å². The molecule has 0 bridgehead atoms. The first-order valence-electron chi connectivity index (χ1n) is 7.32. The van der Waals surface area contributed by atoms with E-state index < -0.39 is 6.10 Å². The van der Waals surface area contributed by atoms with E-state index in [9.17, 15) is 9.90 Å². The van der Waals surface area contributed by atoms with Crippen LogP contribution in [0.1, 0.15) is 46.5 Å². The summed E-state index contributed by atoms with van der Waals surface area (Å²) < 4.78 is 5.48. The minimum Gasteiger partial charge on any atom is -0.391 e. The van der Waals surface area contributed by atoms with Gasteiger partial charge < -0.3 is 20.5 Å². The van der Waals surface area contributed by atoms with Gasteiger partial charge in [0.2, 0.25) is 0 Å². The Hall–Kier alpha value is -0.810. The molecule has 5 heteroatoms. The van der Waals surface area contributed by atoms with Gasteiger partial charge in [0.15, 0.2) is 0 Å². The molecule has 1 saturated carbocycles. The average Bonchev–Trinajstić information content (AvgIpc) is 2.31. The molecule has 112 valence electrons. The molecule has 0 aromatic carbocycles. The van der Waals surface area contributed by atoms with Gasteiger partial charge in [-0.2, -0.15) is 0 Å². The van der Waals surface area contributed by atoms with Crippen LogP contribution in [0.2, 0.25) is 0 Å². The molecule has 5 nitrogen and oxygen atoms in total. The first kappa shape index (κ1) is 16.2. The summed E-state index contributed by atoms with van der Waals surface area (Å²) in [6.45, 7) is 7.32. The Kier molecular flexibility index (Phi) is 7.16. The minimum absolute atomic E-state index is 0.0283. The molecule has 0 aliphatic heterocycles. The van der Waals surface area contributed by atoms with E-state index in [1.54, 1.807) is 0 Å². The predicted molar refractivity (Wildman–Crippen MR) is 75.0 cm³/mol. The molecule has 19 heavy (non-hydrogen) atoms. The van der Waals surface area contributed by atoms with E-state index in [4.69, 9.17) is 4.74 Å². The normalized spacial score (nSPS) is 25.1. The molecule has 3 N–H and O–H groups in total. The summed E-state index contributed by atoms with van der Waals surface area (Å²) in [4.78, 5) is 11.8. The van der Waals surface area contributed by atoms with E-state index in [0.717, 1.165) is 25.7 Å². The number of carbonyl (C=O) groups excluding carboxylic acids is 1. The minimum atomic E-state index is -0.410. The van der Waals surface area contributed by atoms with E-state index in [0.29, 0.717) is 19.1 Å². The maximum Gasteiger partial charge on any atom is 0.315 e. The van der Waals surface area contributed by atoms with E-state index in [1.807, 2.05) is 6.92 Å². The summed E-state index contributed by atoms with van der Waals surface area (Å²) in [6.07, 6.45) is 3.33. The Bertz CT molecular complexity index is 271. The van der Waals surface area contributed by atoms with Gasteiger partial charge in [0.05, 0.1) is 24.8 Å². The topological polar surface area (TPSA) is 70.6 Å². The fraction of sp³-hybridized carbons (Fsp3) is 0.929. The lowest BCUT2D eigenvalue weighted by Crippen LogP contribution is -2.51. The van der Waals surface area contributed by atoms with Crippen molar-refractivity contribution < 1.29 is 14.6 Å². The van der Waals surface area contributed by atoms with Crippen LogP contribution in [0.4, 0.5) is 4.79 Å². The Balaban J connectivity index is 2.18. The van der Waals surface area contributed by atoms with Gasteiger partial charge in [-0.25, -0.2) is 4.79 Å². The number of hydrogen-bond acceptors (Lipinski definition) is 3. The first-order valence-corrected chi connectivity index (χ1v) is 7.32. The van der Waals surface area contributed by atoms with Crippen molar-refractivity contribution in [2.24, 2.45) is 5.92 Å². The second kappa shape index (κ2) is 8.38. The summed E-state index contributed by atoms with van der Waals surface area (Å²) in [7, 11) is 0. The van der Waals surface area contributed by atoms with Crippen molar-refractivity contribution in [1.29, 1.82) is 0 Å². The Morgan fingerprint density at radius 1 is 1.26 bits per heavy atom. The number of rotatable bonds is 6. The number of urea groups is 1. The van der Waals surface area contributed by atoms with E-state index >= 15 is 0 Å². The first-order chi connectivity index (χ1) is 8.99. The lowest BCUT2D eigenvalue weighted by molar-refractivity contribution is 0.0876. The molecule has 0 heterocycles. The highest BCUT2D eigenvalue weighted by Gasteiger charge is 2.24. The molecule has 0 saturated heterocycles. The lowest BCUT2D eigenvalue weighted by atomic mass is 9.93. The number of nitrogens with one attached hydrogen (secondary N) is 2. The van der Waals surface area contributed by atoms with Gasteiger partial charge in [0, 0.05) is 6.61 Å². The molecule has 0 aromatic rings. The fourth-order valence-electron chi connectivity index (χ4n) is 2.24. The van der Waals surface area contributed by atoms with Crippen molar-refractivity contribution in [3.8, 4) is 0 Å². The van der Waals surface area contributed by atoms with Crippen LogP contribution in [-0.4, -0.2) is 42.5 Å². The van der Waals surface area contributed by atoms with Crippen LogP contribution in [0.5, 0.6) is 0 Å². The van der Waals surface area contributed by atoms with Gasteiger partial charge in [-0.3, -0.25) is 0 Å². The standard InChI is InChI=1S/C14H28N2O3/c1-10(2)8-19-9-11(3)15-14(18)16-12-6-4-5-7-13(12)17/h10-13,17H,4-9H2,1-3H3,(H2,15,16,18). The molecular formula is C14H28N2O3. The van der Waals surface area contributed by atoms with Gasteiger partial charge in [0.25, 0.3) is 0 Å². The van der Waals surface area contributed by atoms with E-state index in [-0.39, 0.29) is 18.1 Å². The van der Waals surface area contributed by atoms with Crippen LogP contribution in [0.15, 0.2) is 0 Å². The van der Waals surface area contributed by atoms with E-state index in [2.05, 4.69) is 24.5 Å². The molecule has 0 aromatic heterocycles. The van der Waals surface area contributed by atoms with Crippen molar-refractivity contribution in [3.63, 3.8) is 0 Å². The lowest BCUT2D eigenvalue weighted by Gasteiger charge is -2.29. The zero-order chi connectivity index (χ0) is 14.3. The summed E-state index contributed by atoms with van der Waals surface area (Å²) in [5, 5.41) is 15.5. The van der Waals surface area contributed by atoms with Crippen LogP contribution >= 0.6 is 0 Å². The number of amides is 2. The van der Waals surface area contributed by atoms with Crippen LogP contribution in [0.3, 0.4) is 0 Å². The third kappa shape index (κ3) is 6.78. The Morgan fingerprint density at radius 3 is 2.58 bits per heavy atom. The number of aliphatic hydroxyl groups excluding tert-OH is 1. The van der Waals surface area contributed by atoms with Crippen LogP contribution in [0.25, 0.3) is 0 Å². The second-order valence-electron chi connectivity index (χ2n) is 5.91. The molecule has 1 aliphatic rings. The maximum absolute atomic E-state index is 11.8. The average molecular weight is 272 g/mol. The SMILES string of the molecule is CC(C)COCC(C)NC(=O)NC1CCCCC1O. The highest BCUT2D eigenvalue weighted by molar-refractivity contribution is 5.74. The fourth-order valence-corrected chi connectivity index (χ4v) is 2.24. The summed E-state index contributed by atoms with van der Waals surface area (Å²) in [5.41, 5.74) is 0. The molecule has 2 amide bonds. The summed E-state index contributed by atoms with van der Waals surface area (Å²) in [5.74, 6) is 0.499. The zero-order valence-electron chi connectivity index (χ0n) is 12.3. The highest BCUT2D eigenvalue weighted by atomic mass is 16.5. The number of ether oxygens (including phenoxy) is 1. The molecule has 1 fully saturated rings. The molecule has 3 atom stereocenters. The predicted octanol–water partition coefficient (Wildman–Crippen LogP) is 1.65. The van der Waals surface area contributed by atoms with Crippen LogP contribution < -0.4 is 10.6 Å². The molecular weight excluding hydrogens is 244 g/mol. The van der Waals surface area contributed by atoms with Crippen LogP contribution in [0, 0.1) is 5.92 Å². The van der Waals surface area contributed by atoms with Gasteiger partial charge in [-0.1, -0.05) is 26.7 Å². The monoisotopic (exact) mass is 272 g/mol. The largest absolute Gasteiger partial charge is 0.391 e. The molecule has 0 radical (unpaired) electrons. The third-order valence-electron chi connectivity index (χ3n) is 3.24. The Labute approximate surface area is 116 Å².